The standard InChI is InChI=1S/C27H25N3O4/c1-18-16-24(31)28-22-10-6-7-11-23(22)30(18)25(32)17-29(2)27(34)21-14-12-20(13-15-21)26(33)19-8-4-3-5-9-19/h3-15,18H,16-17H2,1-2H3,(H,28,31)/t18-/m0/s1. The topological polar surface area (TPSA) is 86.8 Å². The van der Waals surface area contributed by atoms with Gasteiger partial charge in [-0.25, -0.2) is 0 Å². The van der Waals surface area contributed by atoms with Crippen LogP contribution >= 0.6 is 0 Å². The van der Waals surface area contributed by atoms with Gasteiger partial charge in [-0.3, -0.25) is 19.2 Å². The van der Waals surface area contributed by atoms with Gasteiger partial charge in [0, 0.05) is 36.2 Å². The molecule has 1 aliphatic heterocycles. The second kappa shape index (κ2) is 9.70. The van der Waals surface area contributed by atoms with Crippen LogP contribution in [-0.4, -0.2) is 48.0 Å². The molecule has 0 aromatic heterocycles. The normalized spacial score (nSPS) is 15.1. The Morgan fingerprint density at radius 1 is 0.882 bits per heavy atom. The highest BCUT2D eigenvalue weighted by Gasteiger charge is 2.30. The molecule has 3 aromatic rings. The molecule has 1 N–H and O–H groups in total. The third kappa shape index (κ3) is 4.73. The Bertz CT molecular complexity index is 1240. The molecule has 7 nitrogen and oxygen atoms in total. The van der Waals surface area contributed by atoms with Crippen molar-refractivity contribution in [2.45, 2.75) is 19.4 Å². The summed E-state index contributed by atoms with van der Waals surface area (Å²) < 4.78 is 0. The number of benzene rings is 3. The molecule has 0 aliphatic carbocycles. The molecule has 3 aromatic carbocycles. The summed E-state index contributed by atoms with van der Waals surface area (Å²) >= 11 is 0. The van der Waals surface area contributed by atoms with Crippen molar-refractivity contribution < 1.29 is 19.2 Å². The lowest BCUT2D eigenvalue weighted by atomic mass is 10.0. The zero-order chi connectivity index (χ0) is 24.2. The van der Waals surface area contributed by atoms with E-state index in [1.165, 1.54) is 4.90 Å². The molecule has 4 rings (SSSR count). The monoisotopic (exact) mass is 455 g/mol. The molecule has 1 heterocycles. The number of ketones is 1. The van der Waals surface area contributed by atoms with Crippen LogP contribution in [0, 0.1) is 0 Å². The van der Waals surface area contributed by atoms with E-state index in [-0.39, 0.29) is 42.5 Å². The number of hydrogen-bond donors (Lipinski definition) is 1. The van der Waals surface area contributed by atoms with Crippen LogP contribution in [-0.2, 0) is 9.59 Å². The highest BCUT2D eigenvalue weighted by atomic mass is 16.2. The van der Waals surface area contributed by atoms with Crippen LogP contribution in [0.2, 0.25) is 0 Å². The molecule has 7 heteroatoms. The Morgan fingerprint density at radius 2 is 1.47 bits per heavy atom. The van der Waals surface area contributed by atoms with Crippen molar-refractivity contribution >= 4 is 34.9 Å². The van der Waals surface area contributed by atoms with E-state index in [4.69, 9.17) is 0 Å². The van der Waals surface area contributed by atoms with Crippen molar-refractivity contribution in [3.63, 3.8) is 0 Å². The van der Waals surface area contributed by atoms with Gasteiger partial charge in [0.1, 0.15) is 6.54 Å². The SMILES string of the molecule is C[C@H]1CC(=O)Nc2ccccc2N1C(=O)CN(C)C(=O)c1ccc(C(=O)c2ccccc2)cc1. The number of fused-ring (bicyclic) bond motifs is 1. The summed E-state index contributed by atoms with van der Waals surface area (Å²) in [4.78, 5) is 53.9. The Balaban J connectivity index is 1.48. The molecule has 3 amide bonds. The van der Waals surface area contributed by atoms with Gasteiger partial charge < -0.3 is 15.1 Å². The number of rotatable bonds is 5. The van der Waals surface area contributed by atoms with Gasteiger partial charge >= 0.3 is 0 Å². The molecule has 0 saturated carbocycles. The second-order valence-corrected chi connectivity index (χ2v) is 8.32. The summed E-state index contributed by atoms with van der Waals surface area (Å²) in [5, 5.41) is 2.82. The van der Waals surface area contributed by atoms with E-state index in [0.29, 0.717) is 28.1 Å². The predicted octanol–water partition coefficient (Wildman–Crippen LogP) is 3.75. The molecule has 34 heavy (non-hydrogen) atoms. The van der Waals surface area contributed by atoms with Gasteiger partial charge in [0.25, 0.3) is 5.91 Å². The zero-order valence-electron chi connectivity index (χ0n) is 19.0. The molecule has 0 saturated heterocycles. The smallest absolute Gasteiger partial charge is 0.254 e. The van der Waals surface area contributed by atoms with Crippen LogP contribution in [0.5, 0.6) is 0 Å². The summed E-state index contributed by atoms with van der Waals surface area (Å²) in [7, 11) is 1.56. The van der Waals surface area contributed by atoms with Crippen LogP contribution in [0.25, 0.3) is 0 Å². The van der Waals surface area contributed by atoms with Crippen molar-refractivity contribution in [1.82, 2.24) is 4.90 Å². The van der Waals surface area contributed by atoms with Gasteiger partial charge in [0.15, 0.2) is 5.78 Å². The minimum atomic E-state index is -0.358. The molecule has 0 radical (unpaired) electrons. The van der Waals surface area contributed by atoms with Crippen LogP contribution in [0.1, 0.15) is 39.6 Å². The molecular weight excluding hydrogens is 430 g/mol. The van der Waals surface area contributed by atoms with Gasteiger partial charge in [-0.05, 0) is 31.2 Å². The lowest BCUT2D eigenvalue weighted by molar-refractivity contribution is -0.119. The summed E-state index contributed by atoms with van der Waals surface area (Å²) in [5.74, 6) is -0.912. The van der Waals surface area contributed by atoms with Gasteiger partial charge in [-0.15, -0.1) is 0 Å². The number of amides is 3. The zero-order valence-corrected chi connectivity index (χ0v) is 19.0. The quantitative estimate of drug-likeness (QED) is 0.594. The first-order valence-electron chi connectivity index (χ1n) is 11.0. The van der Waals surface area contributed by atoms with E-state index in [9.17, 15) is 19.2 Å². The fourth-order valence-corrected chi connectivity index (χ4v) is 4.06. The first-order valence-corrected chi connectivity index (χ1v) is 11.0. The van der Waals surface area contributed by atoms with Crippen LogP contribution < -0.4 is 10.2 Å². The van der Waals surface area contributed by atoms with Crippen molar-refractivity contribution in [2.75, 3.05) is 23.8 Å². The molecular formula is C27H25N3O4. The van der Waals surface area contributed by atoms with Gasteiger partial charge in [0.2, 0.25) is 11.8 Å². The number of nitrogens with zero attached hydrogens (tertiary/aromatic N) is 2. The highest BCUT2D eigenvalue weighted by molar-refractivity contribution is 6.10. The van der Waals surface area contributed by atoms with Crippen molar-refractivity contribution in [3.05, 3.63) is 95.6 Å². The third-order valence-electron chi connectivity index (χ3n) is 5.78. The molecule has 0 unspecified atom stereocenters. The van der Waals surface area contributed by atoms with Gasteiger partial charge in [-0.2, -0.15) is 0 Å². The van der Waals surface area contributed by atoms with Crippen LogP contribution in [0.3, 0.4) is 0 Å². The number of para-hydroxylation sites is 2. The van der Waals surface area contributed by atoms with Gasteiger partial charge in [0.05, 0.1) is 11.4 Å². The van der Waals surface area contributed by atoms with Crippen molar-refractivity contribution in [1.29, 1.82) is 0 Å². The number of carbonyl (C=O) groups is 4. The first kappa shape index (κ1) is 22.9. The fraction of sp³-hybridized carbons (Fsp3) is 0.185. The maximum Gasteiger partial charge on any atom is 0.254 e. The molecule has 0 fully saturated rings. The molecule has 172 valence electrons. The molecule has 0 spiro atoms. The van der Waals surface area contributed by atoms with E-state index in [2.05, 4.69) is 5.32 Å². The van der Waals surface area contributed by atoms with Crippen LogP contribution in [0.15, 0.2) is 78.9 Å². The maximum atomic E-state index is 13.2. The van der Waals surface area contributed by atoms with Crippen LogP contribution in [0.4, 0.5) is 11.4 Å². The fourth-order valence-electron chi connectivity index (χ4n) is 4.06. The third-order valence-corrected chi connectivity index (χ3v) is 5.78. The summed E-state index contributed by atoms with van der Waals surface area (Å²) in [6, 6.07) is 22.1. The van der Waals surface area contributed by atoms with E-state index in [1.54, 1.807) is 84.7 Å². The Morgan fingerprint density at radius 3 is 2.18 bits per heavy atom. The first-order chi connectivity index (χ1) is 16.3. The lowest BCUT2D eigenvalue weighted by Crippen LogP contribution is -2.45. The van der Waals surface area contributed by atoms with E-state index >= 15 is 0 Å². The summed E-state index contributed by atoms with van der Waals surface area (Å²) in [5.41, 5.74) is 2.60. The molecule has 1 aliphatic rings. The highest BCUT2D eigenvalue weighted by Crippen LogP contribution is 2.31. The predicted molar refractivity (Wildman–Crippen MR) is 130 cm³/mol. The average molecular weight is 456 g/mol. The Hall–Kier alpha value is -4.26. The summed E-state index contributed by atoms with van der Waals surface area (Å²) in [6.45, 7) is 1.65. The van der Waals surface area contributed by atoms with Crippen molar-refractivity contribution in [3.8, 4) is 0 Å². The number of anilines is 2. The average Bonchev–Trinajstić information content (AvgIpc) is 2.97. The number of carbonyl (C=O) groups excluding carboxylic acids is 4. The Labute approximate surface area is 198 Å². The maximum absolute atomic E-state index is 13.2. The van der Waals surface area contributed by atoms with Gasteiger partial charge in [-0.1, -0.05) is 54.6 Å². The second-order valence-electron chi connectivity index (χ2n) is 8.32. The molecule has 0 bridgehead atoms. The van der Waals surface area contributed by atoms with E-state index in [0.717, 1.165) is 0 Å². The molecule has 1 atom stereocenters. The lowest BCUT2D eigenvalue weighted by Gasteiger charge is -2.29. The largest absolute Gasteiger partial charge is 0.332 e. The number of hydrogen-bond acceptors (Lipinski definition) is 4. The minimum absolute atomic E-state index is 0.125. The minimum Gasteiger partial charge on any atom is -0.332 e. The number of likely N-dealkylation sites (N-methyl/N-ethyl adjacent to an activating group) is 1. The Kier molecular flexibility index (Phi) is 6.54. The van der Waals surface area contributed by atoms with Crippen molar-refractivity contribution in [2.24, 2.45) is 0 Å². The summed E-state index contributed by atoms with van der Waals surface area (Å²) in [6.07, 6.45) is 0.162. The number of nitrogens with one attached hydrogen (secondary N) is 1. The van der Waals surface area contributed by atoms with E-state index in [1.807, 2.05) is 13.0 Å². The van der Waals surface area contributed by atoms with E-state index < -0.39 is 0 Å².